The van der Waals surface area contributed by atoms with E-state index in [1.807, 2.05) is 42.5 Å². The molecule has 0 bridgehead atoms. The molecular formula is C14H10ClN3S2. The topological polar surface area (TPSA) is 50.9 Å². The lowest BCUT2D eigenvalue weighted by molar-refractivity contribution is 1.44. The molecule has 0 aliphatic rings. The van der Waals surface area contributed by atoms with E-state index < -0.39 is 0 Å². The summed E-state index contributed by atoms with van der Waals surface area (Å²) in [5.74, 6) is 0. The molecule has 0 atom stereocenters. The fourth-order valence-corrected chi connectivity index (χ4v) is 3.09. The maximum Gasteiger partial charge on any atom is 0.188 e. The number of benzene rings is 2. The largest absolute Gasteiger partial charge is 0.389 e. The van der Waals surface area contributed by atoms with E-state index in [4.69, 9.17) is 29.6 Å². The van der Waals surface area contributed by atoms with Crippen LogP contribution in [0.15, 0.2) is 42.5 Å². The van der Waals surface area contributed by atoms with Crippen LogP contribution in [0.5, 0.6) is 0 Å². The number of thiazole rings is 1. The molecule has 0 aliphatic heterocycles. The first-order valence-corrected chi connectivity index (χ1v) is 7.45. The molecule has 0 saturated carbocycles. The molecule has 3 aromatic rings. The Labute approximate surface area is 130 Å². The van der Waals surface area contributed by atoms with Gasteiger partial charge in [0, 0.05) is 16.3 Å². The van der Waals surface area contributed by atoms with Crippen molar-refractivity contribution in [1.29, 1.82) is 0 Å². The Kier molecular flexibility index (Phi) is 3.56. The number of hydrogen-bond donors (Lipinski definition) is 2. The van der Waals surface area contributed by atoms with Gasteiger partial charge in [-0.05, 0) is 42.5 Å². The molecule has 3 nitrogen and oxygen atoms in total. The first kappa shape index (κ1) is 13.3. The van der Waals surface area contributed by atoms with Crippen LogP contribution < -0.4 is 11.1 Å². The second kappa shape index (κ2) is 5.36. The van der Waals surface area contributed by atoms with Crippen molar-refractivity contribution < 1.29 is 0 Å². The highest BCUT2D eigenvalue weighted by Gasteiger charge is 2.05. The molecule has 1 aromatic heterocycles. The van der Waals surface area contributed by atoms with E-state index in [2.05, 4.69) is 10.3 Å². The molecule has 100 valence electrons. The Bertz CT molecular complexity index is 781. The number of fused-ring (bicyclic) bond motifs is 1. The number of nitrogens with two attached hydrogens (primary N) is 1. The minimum atomic E-state index is 0.395. The summed E-state index contributed by atoms with van der Waals surface area (Å²) in [5.41, 5.74) is 8.29. The highest BCUT2D eigenvalue weighted by atomic mass is 35.5. The average Bonchev–Trinajstić information content (AvgIpc) is 2.80. The molecule has 0 spiro atoms. The maximum absolute atomic E-state index is 5.97. The SMILES string of the molecule is NC(=S)c1ccc(Nc2nc3ccc(Cl)cc3s2)cc1. The van der Waals surface area contributed by atoms with Crippen molar-refractivity contribution in [2.24, 2.45) is 5.73 Å². The van der Waals surface area contributed by atoms with Crippen LogP contribution in [0, 0.1) is 0 Å². The van der Waals surface area contributed by atoms with E-state index in [9.17, 15) is 0 Å². The van der Waals surface area contributed by atoms with Crippen molar-refractivity contribution in [3.8, 4) is 0 Å². The Morgan fingerprint density at radius 3 is 2.65 bits per heavy atom. The van der Waals surface area contributed by atoms with Crippen LogP contribution in [0.4, 0.5) is 10.8 Å². The highest BCUT2D eigenvalue weighted by Crippen LogP contribution is 2.30. The highest BCUT2D eigenvalue weighted by molar-refractivity contribution is 7.80. The van der Waals surface area contributed by atoms with Crippen LogP contribution in [0.1, 0.15) is 5.56 Å². The molecule has 6 heteroatoms. The Balaban J connectivity index is 1.87. The van der Waals surface area contributed by atoms with Gasteiger partial charge in [-0.2, -0.15) is 0 Å². The van der Waals surface area contributed by atoms with Crippen LogP contribution in [-0.2, 0) is 0 Å². The number of anilines is 2. The second-order valence-corrected chi connectivity index (χ2v) is 6.10. The van der Waals surface area contributed by atoms with Crippen molar-refractivity contribution in [2.75, 3.05) is 5.32 Å². The third kappa shape index (κ3) is 2.75. The summed E-state index contributed by atoms with van der Waals surface area (Å²) in [6.07, 6.45) is 0. The van der Waals surface area contributed by atoms with Crippen molar-refractivity contribution in [3.63, 3.8) is 0 Å². The molecule has 1 heterocycles. The third-order valence-electron chi connectivity index (χ3n) is 2.77. The summed E-state index contributed by atoms with van der Waals surface area (Å²) in [7, 11) is 0. The zero-order valence-corrected chi connectivity index (χ0v) is 12.6. The summed E-state index contributed by atoms with van der Waals surface area (Å²) in [4.78, 5) is 4.90. The van der Waals surface area contributed by atoms with Gasteiger partial charge < -0.3 is 11.1 Å². The Hall–Kier alpha value is -1.69. The van der Waals surface area contributed by atoms with E-state index in [-0.39, 0.29) is 0 Å². The lowest BCUT2D eigenvalue weighted by atomic mass is 10.2. The maximum atomic E-state index is 5.97. The van der Waals surface area contributed by atoms with Gasteiger partial charge in [0.15, 0.2) is 5.13 Å². The first-order chi connectivity index (χ1) is 9.61. The molecule has 0 aliphatic carbocycles. The predicted molar refractivity (Wildman–Crippen MR) is 90.2 cm³/mol. The second-order valence-electron chi connectivity index (χ2n) is 4.20. The number of hydrogen-bond acceptors (Lipinski definition) is 4. The first-order valence-electron chi connectivity index (χ1n) is 5.85. The standard InChI is InChI=1S/C14H10ClN3S2/c15-9-3-6-11-12(7-9)20-14(18-11)17-10-4-1-8(2-5-10)13(16)19/h1-7H,(H2,16,19)(H,17,18). The van der Waals surface area contributed by atoms with E-state index in [1.54, 1.807) is 11.3 Å². The summed E-state index contributed by atoms with van der Waals surface area (Å²) in [5, 5.41) is 4.80. The number of nitrogens with one attached hydrogen (secondary N) is 1. The average molecular weight is 320 g/mol. The Morgan fingerprint density at radius 2 is 1.95 bits per heavy atom. The van der Waals surface area contributed by atoms with Crippen LogP contribution in [0.25, 0.3) is 10.2 Å². The number of thiocarbonyl (C=S) groups is 1. The van der Waals surface area contributed by atoms with Gasteiger partial charge in [-0.3, -0.25) is 0 Å². The zero-order valence-electron chi connectivity index (χ0n) is 10.3. The minimum Gasteiger partial charge on any atom is -0.389 e. The molecule has 0 radical (unpaired) electrons. The number of aromatic nitrogens is 1. The molecule has 3 N–H and O–H groups in total. The molecular weight excluding hydrogens is 310 g/mol. The van der Waals surface area contributed by atoms with E-state index >= 15 is 0 Å². The molecule has 0 unspecified atom stereocenters. The zero-order chi connectivity index (χ0) is 14.1. The van der Waals surface area contributed by atoms with Gasteiger partial charge in [-0.15, -0.1) is 0 Å². The molecule has 0 saturated heterocycles. The third-order valence-corrected chi connectivity index (χ3v) is 4.18. The summed E-state index contributed by atoms with van der Waals surface area (Å²) >= 11 is 12.5. The minimum absolute atomic E-state index is 0.395. The molecule has 20 heavy (non-hydrogen) atoms. The van der Waals surface area contributed by atoms with Gasteiger partial charge in [0.25, 0.3) is 0 Å². The van der Waals surface area contributed by atoms with Gasteiger partial charge in [-0.1, -0.05) is 35.2 Å². The van der Waals surface area contributed by atoms with E-state index in [1.165, 1.54) is 0 Å². The predicted octanol–water partition coefficient (Wildman–Crippen LogP) is 4.33. The van der Waals surface area contributed by atoms with Crippen LogP contribution in [-0.4, -0.2) is 9.97 Å². The van der Waals surface area contributed by atoms with E-state index in [0.717, 1.165) is 26.6 Å². The van der Waals surface area contributed by atoms with Gasteiger partial charge >= 0.3 is 0 Å². The lowest BCUT2D eigenvalue weighted by Gasteiger charge is -2.03. The quantitative estimate of drug-likeness (QED) is 0.706. The van der Waals surface area contributed by atoms with Crippen LogP contribution >= 0.6 is 35.2 Å². The molecule has 0 fully saturated rings. The van der Waals surface area contributed by atoms with Crippen molar-refractivity contribution in [3.05, 3.63) is 53.1 Å². The van der Waals surface area contributed by atoms with Crippen LogP contribution in [0.2, 0.25) is 5.02 Å². The number of rotatable bonds is 3. The summed E-state index contributed by atoms with van der Waals surface area (Å²) in [6, 6.07) is 13.3. The molecule has 3 rings (SSSR count). The summed E-state index contributed by atoms with van der Waals surface area (Å²) < 4.78 is 1.06. The van der Waals surface area contributed by atoms with Gasteiger partial charge in [0.2, 0.25) is 0 Å². The summed E-state index contributed by atoms with van der Waals surface area (Å²) in [6.45, 7) is 0. The molecule has 2 aromatic carbocycles. The normalized spacial score (nSPS) is 10.7. The smallest absolute Gasteiger partial charge is 0.188 e. The van der Waals surface area contributed by atoms with Crippen molar-refractivity contribution in [2.45, 2.75) is 0 Å². The molecule has 0 amide bonds. The van der Waals surface area contributed by atoms with E-state index in [0.29, 0.717) is 10.0 Å². The van der Waals surface area contributed by atoms with Crippen LogP contribution in [0.3, 0.4) is 0 Å². The Morgan fingerprint density at radius 1 is 1.20 bits per heavy atom. The van der Waals surface area contributed by atoms with Crippen molar-refractivity contribution >= 4 is 61.2 Å². The number of halogens is 1. The lowest BCUT2D eigenvalue weighted by Crippen LogP contribution is -2.08. The number of nitrogens with zero attached hydrogens (tertiary/aromatic N) is 1. The van der Waals surface area contributed by atoms with Crippen molar-refractivity contribution in [1.82, 2.24) is 4.98 Å². The fraction of sp³-hybridized carbons (Fsp3) is 0. The van der Waals surface area contributed by atoms with Gasteiger partial charge in [0.1, 0.15) is 4.99 Å². The fourth-order valence-electron chi connectivity index (χ4n) is 1.79. The van der Waals surface area contributed by atoms with Gasteiger partial charge in [-0.25, -0.2) is 4.98 Å². The van der Waals surface area contributed by atoms with Gasteiger partial charge in [0.05, 0.1) is 10.2 Å². The monoisotopic (exact) mass is 319 g/mol.